The molecule has 5 N–H and O–H groups in total. The van der Waals surface area contributed by atoms with E-state index in [2.05, 4.69) is 4.72 Å². The third-order valence-electron chi connectivity index (χ3n) is 2.48. The van der Waals surface area contributed by atoms with Crippen LogP contribution >= 0.6 is 11.6 Å². The van der Waals surface area contributed by atoms with Crippen LogP contribution in [0.15, 0.2) is 17.0 Å². The van der Waals surface area contributed by atoms with Crippen LogP contribution in [0, 0.1) is 6.92 Å². The predicted molar refractivity (Wildman–Crippen MR) is 78.4 cm³/mol. The van der Waals surface area contributed by atoms with E-state index in [-0.39, 0.29) is 34.3 Å². The number of halogens is 1. The summed E-state index contributed by atoms with van der Waals surface area (Å²) >= 11 is 5.79. The molecule has 0 saturated heterocycles. The van der Waals surface area contributed by atoms with Crippen LogP contribution in [-0.4, -0.2) is 29.1 Å². The topological polar surface area (TPSA) is 132 Å². The molecule has 10 heteroatoms. The summed E-state index contributed by atoms with van der Waals surface area (Å²) in [7, 11) is -7.37. The van der Waals surface area contributed by atoms with Crippen LogP contribution in [0.4, 0.5) is 5.69 Å². The van der Waals surface area contributed by atoms with Gasteiger partial charge in [0.2, 0.25) is 20.0 Å². The highest BCUT2D eigenvalue weighted by Crippen LogP contribution is 2.25. The SMILES string of the molecule is Cc1cc(Cl)c(N)cc1S(=O)(=O)NCCCS(N)(=O)=O. The highest BCUT2D eigenvalue weighted by molar-refractivity contribution is 7.89. The van der Waals surface area contributed by atoms with E-state index in [0.717, 1.165) is 0 Å². The van der Waals surface area contributed by atoms with Gasteiger partial charge in [-0.25, -0.2) is 26.7 Å². The molecule has 0 atom stereocenters. The molecule has 1 aromatic carbocycles. The zero-order valence-electron chi connectivity index (χ0n) is 10.8. The van der Waals surface area contributed by atoms with E-state index in [9.17, 15) is 16.8 Å². The Bertz CT molecular complexity index is 701. The van der Waals surface area contributed by atoms with Crippen molar-refractivity contribution in [2.45, 2.75) is 18.2 Å². The Kier molecular flexibility index (Phi) is 5.39. The second-order valence-electron chi connectivity index (χ2n) is 4.26. The average molecular weight is 342 g/mol. The minimum Gasteiger partial charge on any atom is -0.397 e. The summed E-state index contributed by atoms with van der Waals surface area (Å²) in [5, 5.41) is 5.09. The molecule has 0 spiro atoms. The Hall–Kier alpha value is -0.870. The largest absolute Gasteiger partial charge is 0.397 e. The molecule has 0 saturated carbocycles. The van der Waals surface area contributed by atoms with Crippen molar-refractivity contribution < 1.29 is 16.8 Å². The second-order valence-corrected chi connectivity index (χ2v) is 8.13. The third kappa shape index (κ3) is 4.91. The van der Waals surface area contributed by atoms with Gasteiger partial charge in [0.25, 0.3) is 0 Å². The van der Waals surface area contributed by atoms with Gasteiger partial charge in [0.1, 0.15) is 0 Å². The average Bonchev–Trinajstić information content (AvgIpc) is 2.28. The summed E-state index contributed by atoms with van der Waals surface area (Å²) in [5.74, 6) is -0.294. The van der Waals surface area contributed by atoms with E-state index >= 15 is 0 Å². The highest BCUT2D eigenvalue weighted by Gasteiger charge is 2.18. The van der Waals surface area contributed by atoms with E-state index in [4.69, 9.17) is 22.5 Å². The quantitative estimate of drug-likeness (QED) is 0.501. The number of nitrogens with two attached hydrogens (primary N) is 2. The Morgan fingerprint density at radius 1 is 1.25 bits per heavy atom. The van der Waals surface area contributed by atoms with Gasteiger partial charge in [-0.3, -0.25) is 0 Å². The van der Waals surface area contributed by atoms with E-state index in [0.29, 0.717) is 5.56 Å². The first-order chi connectivity index (χ1) is 9.03. The van der Waals surface area contributed by atoms with E-state index in [1.807, 2.05) is 0 Å². The molecular formula is C10H16ClN3O4S2. The smallest absolute Gasteiger partial charge is 0.240 e. The molecule has 0 bridgehead atoms. The summed E-state index contributed by atoms with van der Waals surface area (Å²) in [6, 6.07) is 2.72. The molecule has 7 nitrogen and oxygen atoms in total. The first-order valence-corrected chi connectivity index (χ1v) is 9.16. The number of aryl methyl sites for hydroxylation is 1. The van der Waals surface area contributed by atoms with Gasteiger partial charge in [-0.15, -0.1) is 0 Å². The molecule has 0 amide bonds. The third-order valence-corrected chi connectivity index (χ3v) is 5.27. The molecule has 0 heterocycles. The van der Waals surface area contributed by atoms with Crippen molar-refractivity contribution in [1.29, 1.82) is 0 Å². The Morgan fingerprint density at radius 3 is 2.40 bits per heavy atom. The van der Waals surface area contributed by atoms with Crippen LogP contribution < -0.4 is 15.6 Å². The van der Waals surface area contributed by atoms with Gasteiger partial charge in [0.15, 0.2) is 0 Å². The minimum atomic E-state index is -3.77. The van der Waals surface area contributed by atoms with Gasteiger partial charge in [-0.2, -0.15) is 0 Å². The number of rotatable bonds is 6. The van der Waals surface area contributed by atoms with Crippen LogP contribution in [0.25, 0.3) is 0 Å². The van der Waals surface area contributed by atoms with Crippen LogP contribution in [-0.2, 0) is 20.0 Å². The fraction of sp³-hybridized carbons (Fsp3) is 0.400. The lowest BCUT2D eigenvalue weighted by Gasteiger charge is -2.10. The molecule has 0 aliphatic heterocycles. The summed E-state index contributed by atoms with van der Waals surface area (Å²) in [6.45, 7) is 1.55. The maximum atomic E-state index is 12.1. The molecule has 0 fully saturated rings. The Labute approximate surface area is 123 Å². The molecule has 0 aliphatic carbocycles. The zero-order chi connectivity index (χ0) is 15.6. The summed E-state index contributed by atoms with van der Waals surface area (Å²) in [5.41, 5.74) is 6.18. The number of hydrogen-bond donors (Lipinski definition) is 3. The van der Waals surface area contributed by atoms with E-state index in [1.165, 1.54) is 12.1 Å². The van der Waals surface area contributed by atoms with Gasteiger partial charge in [0, 0.05) is 6.54 Å². The summed E-state index contributed by atoms with van der Waals surface area (Å²) in [6.07, 6.45) is 0.0835. The van der Waals surface area contributed by atoms with Crippen LogP contribution in [0.1, 0.15) is 12.0 Å². The molecule has 1 rings (SSSR count). The Balaban J connectivity index is 2.82. The van der Waals surface area contributed by atoms with Crippen LogP contribution in [0.5, 0.6) is 0 Å². The maximum absolute atomic E-state index is 12.1. The van der Waals surface area contributed by atoms with Crippen molar-refractivity contribution in [3.8, 4) is 0 Å². The fourth-order valence-corrected chi connectivity index (χ4v) is 3.61. The number of anilines is 1. The number of nitrogen functional groups attached to an aromatic ring is 1. The summed E-state index contributed by atoms with van der Waals surface area (Å²) < 4.78 is 47.9. The van der Waals surface area contributed by atoms with Crippen molar-refractivity contribution in [2.24, 2.45) is 5.14 Å². The molecule has 114 valence electrons. The standard InChI is InChI=1S/C10H16ClN3O4S2/c1-7-5-8(11)9(12)6-10(7)20(17,18)14-3-2-4-19(13,15)16/h5-6,14H,2-4,12H2,1H3,(H2,13,15,16). The normalized spacial score (nSPS) is 12.6. The van der Waals surface area contributed by atoms with Gasteiger partial charge in [-0.1, -0.05) is 11.6 Å². The van der Waals surface area contributed by atoms with Crippen molar-refractivity contribution >= 4 is 37.3 Å². The monoisotopic (exact) mass is 341 g/mol. The minimum absolute atomic E-state index is 0.00926. The first-order valence-electron chi connectivity index (χ1n) is 5.59. The number of sulfonamides is 2. The lowest BCUT2D eigenvalue weighted by Crippen LogP contribution is -2.28. The molecule has 0 radical (unpaired) electrons. The van der Waals surface area contributed by atoms with Gasteiger partial charge in [-0.05, 0) is 31.0 Å². The van der Waals surface area contributed by atoms with Crippen molar-refractivity contribution in [1.82, 2.24) is 4.72 Å². The number of hydrogen-bond acceptors (Lipinski definition) is 5. The Morgan fingerprint density at radius 2 is 1.85 bits per heavy atom. The van der Waals surface area contributed by atoms with Crippen LogP contribution in [0.2, 0.25) is 5.02 Å². The van der Waals surface area contributed by atoms with Crippen molar-refractivity contribution in [2.75, 3.05) is 18.0 Å². The van der Waals surface area contributed by atoms with E-state index in [1.54, 1.807) is 6.92 Å². The number of benzene rings is 1. The molecule has 0 aliphatic rings. The lowest BCUT2D eigenvalue weighted by molar-refractivity contribution is 0.576. The fourth-order valence-electron chi connectivity index (χ4n) is 1.52. The molecule has 1 aromatic rings. The second kappa shape index (κ2) is 6.27. The predicted octanol–water partition coefficient (Wildman–Crippen LogP) is 0.188. The number of nitrogens with one attached hydrogen (secondary N) is 1. The van der Waals surface area contributed by atoms with Crippen LogP contribution in [0.3, 0.4) is 0 Å². The molecule has 20 heavy (non-hydrogen) atoms. The maximum Gasteiger partial charge on any atom is 0.240 e. The molecular weight excluding hydrogens is 326 g/mol. The van der Waals surface area contributed by atoms with Crippen molar-refractivity contribution in [3.05, 3.63) is 22.7 Å². The van der Waals surface area contributed by atoms with Gasteiger partial charge < -0.3 is 5.73 Å². The summed E-state index contributed by atoms with van der Waals surface area (Å²) in [4.78, 5) is 0.00926. The molecule has 0 aromatic heterocycles. The number of primary sulfonamides is 1. The zero-order valence-corrected chi connectivity index (χ0v) is 13.1. The van der Waals surface area contributed by atoms with Gasteiger partial charge >= 0.3 is 0 Å². The van der Waals surface area contributed by atoms with Crippen molar-refractivity contribution in [3.63, 3.8) is 0 Å². The van der Waals surface area contributed by atoms with E-state index < -0.39 is 20.0 Å². The molecule has 0 unspecified atom stereocenters. The highest BCUT2D eigenvalue weighted by atomic mass is 35.5. The first kappa shape index (κ1) is 17.2. The lowest BCUT2D eigenvalue weighted by atomic mass is 10.2. The van der Waals surface area contributed by atoms with Gasteiger partial charge in [0.05, 0.1) is 21.4 Å².